The third-order valence-electron chi connectivity index (χ3n) is 4.48. The Balaban J connectivity index is 1.55. The van der Waals surface area contributed by atoms with Gasteiger partial charge in [0.1, 0.15) is 13.0 Å². The third kappa shape index (κ3) is 7.50. The zero-order valence-electron chi connectivity index (χ0n) is 18.4. The van der Waals surface area contributed by atoms with Crippen LogP contribution in [-0.2, 0) is 16.2 Å². The molecule has 7 nitrogen and oxygen atoms in total. The molecule has 3 aromatic rings. The van der Waals surface area contributed by atoms with Gasteiger partial charge in [-0.2, -0.15) is 5.10 Å². The SMILES string of the molecule is CCOc1cc(C=NNC(=O)CC(=O)Nc2ccccc2Cl)ccc1OCc1ccccc1Cl. The number of nitrogens with one attached hydrogen (secondary N) is 2. The van der Waals surface area contributed by atoms with Crippen LogP contribution >= 0.6 is 23.2 Å². The first kappa shape index (κ1) is 25.1. The lowest BCUT2D eigenvalue weighted by Gasteiger charge is -2.13. The number of carbonyl (C=O) groups is 2. The molecular formula is C25H23Cl2N3O4. The van der Waals surface area contributed by atoms with Gasteiger partial charge in [0, 0.05) is 10.6 Å². The minimum absolute atomic E-state index is 0.291. The lowest BCUT2D eigenvalue weighted by atomic mass is 10.2. The fourth-order valence-electron chi connectivity index (χ4n) is 2.88. The van der Waals surface area contributed by atoms with Gasteiger partial charge in [-0.15, -0.1) is 0 Å². The lowest BCUT2D eigenvalue weighted by Crippen LogP contribution is -2.24. The van der Waals surface area contributed by atoms with E-state index in [1.165, 1.54) is 6.21 Å². The molecule has 0 aliphatic rings. The Kier molecular flexibility index (Phi) is 9.31. The van der Waals surface area contributed by atoms with Crippen LogP contribution in [0.2, 0.25) is 10.0 Å². The summed E-state index contributed by atoms with van der Waals surface area (Å²) in [5, 5.41) is 7.51. The number of rotatable bonds is 10. The van der Waals surface area contributed by atoms with E-state index in [0.717, 1.165) is 5.56 Å². The lowest BCUT2D eigenvalue weighted by molar-refractivity contribution is -0.126. The second-order valence-electron chi connectivity index (χ2n) is 7.02. The molecule has 0 spiro atoms. The molecule has 0 unspecified atom stereocenters. The largest absolute Gasteiger partial charge is 0.490 e. The predicted molar refractivity (Wildman–Crippen MR) is 134 cm³/mol. The highest BCUT2D eigenvalue weighted by atomic mass is 35.5. The fraction of sp³-hybridized carbons (Fsp3) is 0.160. The molecule has 2 amide bonds. The van der Waals surface area contributed by atoms with E-state index in [4.69, 9.17) is 32.7 Å². The first-order valence-electron chi connectivity index (χ1n) is 10.5. The number of benzene rings is 3. The molecule has 176 valence electrons. The Morgan fingerprint density at radius 3 is 2.38 bits per heavy atom. The monoisotopic (exact) mass is 499 g/mol. The van der Waals surface area contributed by atoms with Gasteiger partial charge in [0.15, 0.2) is 11.5 Å². The zero-order valence-corrected chi connectivity index (χ0v) is 19.9. The standard InChI is InChI=1S/C25H23Cl2N3O4/c1-2-33-23-13-17(11-12-22(23)34-16-18-7-3-4-8-19(18)26)15-28-30-25(32)14-24(31)29-21-10-6-5-9-20(21)27/h3-13,15H,2,14,16H2,1H3,(H,29,31)(H,30,32). The van der Waals surface area contributed by atoms with Gasteiger partial charge in [0.25, 0.3) is 0 Å². The van der Waals surface area contributed by atoms with Crippen molar-refractivity contribution in [2.24, 2.45) is 5.10 Å². The van der Waals surface area contributed by atoms with Crippen molar-refractivity contribution in [3.8, 4) is 11.5 Å². The summed E-state index contributed by atoms with van der Waals surface area (Å²) in [5.74, 6) is 0.0214. The number of nitrogens with zero attached hydrogens (tertiary/aromatic N) is 1. The maximum atomic E-state index is 12.0. The normalized spacial score (nSPS) is 10.7. The molecule has 0 bridgehead atoms. The third-order valence-corrected chi connectivity index (χ3v) is 5.18. The maximum absolute atomic E-state index is 12.0. The first-order chi connectivity index (χ1) is 16.5. The second kappa shape index (κ2) is 12.6. The van der Waals surface area contributed by atoms with Crippen molar-refractivity contribution in [3.63, 3.8) is 0 Å². The minimum atomic E-state index is -0.564. The van der Waals surface area contributed by atoms with Crippen LogP contribution in [-0.4, -0.2) is 24.6 Å². The molecule has 34 heavy (non-hydrogen) atoms. The van der Waals surface area contributed by atoms with Crippen LogP contribution in [0, 0.1) is 0 Å². The van der Waals surface area contributed by atoms with Crippen LogP contribution in [0.15, 0.2) is 71.8 Å². The summed E-state index contributed by atoms with van der Waals surface area (Å²) in [6.07, 6.45) is 1.05. The molecule has 0 atom stereocenters. The quantitative estimate of drug-likeness (QED) is 0.220. The average Bonchev–Trinajstić information content (AvgIpc) is 2.81. The number of para-hydroxylation sites is 1. The fourth-order valence-corrected chi connectivity index (χ4v) is 3.26. The van der Waals surface area contributed by atoms with Crippen molar-refractivity contribution in [2.75, 3.05) is 11.9 Å². The minimum Gasteiger partial charge on any atom is -0.490 e. The van der Waals surface area contributed by atoms with Gasteiger partial charge in [-0.05, 0) is 48.9 Å². The van der Waals surface area contributed by atoms with E-state index >= 15 is 0 Å². The molecule has 9 heteroatoms. The van der Waals surface area contributed by atoms with Gasteiger partial charge < -0.3 is 14.8 Å². The number of hydrazone groups is 1. The van der Waals surface area contributed by atoms with E-state index < -0.39 is 18.2 Å². The van der Waals surface area contributed by atoms with E-state index in [0.29, 0.717) is 46.0 Å². The highest BCUT2D eigenvalue weighted by Crippen LogP contribution is 2.29. The van der Waals surface area contributed by atoms with E-state index in [2.05, 4.69) is 15.8 Å². The molecule has 2 N–H and O–H groups in total. The molecule has 0 fully saturated rings. The summed E-state index contributed by atoms with van der Waals surface area (Å²) < 4.78 is 11.5. The van der Waals surface area contributed by atoms with Crippen LogP contribution in [0.3, 0.4) is 0 Å². The van der Waals surface area contributed by atoms with Gasteiger partial charge in [-0.3, -0.25) is 9.59 Å². The summed E-state index contributed by atoms with van der Waals surface area (Å²) in [4.78, 5) is 24.0. The van der Waals surface area contributed by atoms with Gasteiger partial charge in [0.2, 0.25) is 11.8 Å². The number of ether oxygens (including phenoxy) is 2. The summed E-state index contributed by atoms with van der Waals surface area (Å²) in [6, 6.07) is 19.5. The molecule has 0 aliphatic heterocycles. The first-order valence-corrected chi connectivity index (χ1v) is 11.2. The van der Waals surface area contributed by atoms with Crippen molar-refractivity contribution in [2.45, 2.75) is 20.0 Å². The van der Waals surface area contributed by atoms with Crippen LogP contribution in [0.25, 0.3) is 0 Å². The van der Waals surface area contributed by atoms with Crippen LogP contribution in [0.1, 0.15) is 24.5 Å². The van der Waals surface area contributed by atoms with Gasteiger partial charge >= 0.3 is 0 Å². The predicted octanol–water partition coefficient (Wildman–Crippen LogP) is 5.45. The van der Waals surface area contributed by atoms with Crippen molar-refractivity contribution < 1.29 is 19.1 Å². The van der Waals surface area contributed by atoms with E-state index in [1.54, 1.807) is 48.5 Å². The number of amides is 2. The number of anilines is 1. The summed E-state index contributed by atoms with van der Waals surface area (Å²) in [5.41, 5.74) is 4.30. The molecule has 0 aliphatic carbocycles. The number of carbonyl (C=O) groups excluding carboxylic acids is 2. The van der Waals surface area contributed by atoms with Gasteiger partial charge in [-0.1, -0.05) is 53.5 Å². The zero-order chi connectivity index (χ0) is 24.3. The van der Waals surface area contributed by atoms with Crippen molar-refractivity contribution >= 4 is 46.9 Å². The Morgan fingerprint density at radius 2 is 1.65 bits per heavy atom. The molecule has 0 radical (unpaired) electrons. The highest BCUT2D eigenvalue weighted by molar-refractivity contribution is 6.33. The Bertz CT molecular complexity index is 1180. The second-order valence-corrected chi connectivity index (χ2v) is 7.83. The van der Waals surface area contributed by atoms with Crippen LogP contribution < -0.4 is 20.2 Å². The number of hydrogen-bond donors (Lipinski definition) is 2. The van der Waals surface area contributed by atoms with Gasteiger partial charge in [0.05, 0.1) is 23.5 Å². The Hall–Kier alpha value is -3.55. The average molecular weight is 500 g/mol. The van der Waals surface area contributed by atoms with E-state index in [9.17, 15) is 9.59 Å². The maximum Gasteiger partial charge on any atom is 0.249 e. The van der Waals surface area contributed by atoms with Crippen LogP contribution in [0.4, 0.5) is 5.69 Å². The number of halogens is 2. The van der Waals surface area contributed by atoms with Crippen molar-refractivity contribution in [1.29, 1.82) is 0 Å². The van der Waals surface area contributed by atoms with Crippen LogP contribution in [0.5, 0.6) is 11.5 Å². The van der Waals surface area contributed by atoms with E-state index in [-0.39, 0.29) is 0 Å². The molecule has 3 aromatic carbocycles. The molecule has 0 heterocycles. The topological polar surface area (TPSA) is 89.0 Å². The molecule has 0 aromatic heterocycles. The summed E-state index contributed by atoms with van der Waals surface area (Å²) in [6.45, 7) is 2.60. The summed E-state index contributed by atoms with van der Waals surface area (Å²) in [7, 11) is 0. The van der Waals surface area contributed by atoms with Crippen molar-refractivity contribution in [1.82, 2.24) is 5.43 Å². The van der Waals surface area contributed by atoms with Gasteiger partial charge in [-0.25, -0.2) is 5.43 Å². The van der Waals surface area contributed by atoms with Crippen molar-refractivity contribution in [3.05, 3.63) is 87.9 Å². The smallest absolute Gasteiger partial charge is 0.249 e. The van der Waals surface area contributed by atoms with E-state index in [1.807, 2.05) is 25.1 Å². The Labute approximate surface area is 207 Å². The number of hydrogen-bond acceptors (Lipinski definition) is 5. The highest BCUT2D eigenvalue weighted by Gasteiger charge is 2.11. The molecule has 0 saturated carbocycles. The molecule has 0 saturated heterocycles. The Morgan fingerprint density at radius 1 is 0.912 bits per heavy atom. The summed E-state index contributed by atoms with van der Waals surface area (Å²) >= 11 is 12.2. The molecule has 3 rings (SSSR count). The molecular weight excluding hydrogens is 477 g/mol.